The number of aromatic nitrogens is 4. The summed E-state index contributed by atoms with van der Waals surface area (Å²) in [5.74, 6) is 0.418. The van der Waals surface area contributed by atoms with Gasteiger partial charge in [0.2, 0.25) is 0 Å². The van der Waals surface area contributed by atoms with Gasteiger partial charge in [-0.15, -0.1) is 10.2 Å². The van der Waals surface area contributed by atoms with E-state index in [1.807, 2.05) is 35.9 Å². The Labute approximate surface area is 151 Å². The van der Waals surface area contributed by atoms with Crippen LogP contribution in [0, 0.1) is 0 Å². The lowest BCUT2D eigenvalue weighted by molar-refractivity contribution is 0.474. The average molecular weight is 397 g/mol. The minimum Gasteiger partial charge on any atom is -0.507 e. The van der Waals surface area contributed by atoms with Gasteiger partial charge < -0.3 is 9.67 Å². The number of phenolic OH excluding ortho intramolecular Hbond substituents is 1. The number of phenols is 1. The van der Waals surface area contributed by atoms with Crippen molar-refractivity contribution < 1.29 is 5.11 Å². The number of rotatable bonds is 3. The highest BCUT2D eigenvalue weighted by atomic mass is 79.9. The summed E-state index contributed by atoms with van der Waals surface area (Å²) >= 11 is 3.35. The van der Waals surface area contributed by atoms with Crippen LogP contribution in [0.5, 0.6) is 5.75 Å². The molecule has 2 aromatic carbocycles. The van der Waals surface area contributed by atoms with Crippen LogP contribution in [0.1, 0.15) is 5.56 Å². The van der Waals surface area contributed by atoms with Crippen LogP contribution in [-0.4, -0.2) is 31.1 Å². The highest BCUT2D eigenvalue weighted by Gasteiger charge is 2.11. The van der Waals surface area contributed by atoms with E-state index in [2.05, 4.69) is 41.6 Å². The average Bonchev–Trinajstić information content (AvgIpc) is 2.91. The maximum Gasteiger partial charge on any atom is 0.265 e. The number of hydrazone groups is 1. The number of hydrogen-bond donors (Lipinski definition) is 2. The van der Waals surface area contributed by atoms with Gasteiger partial charge in [-0.25, -0.2) is 5.43 Å². The number of fused-ring (bicyclic) bond motifs is 3. The van der Waals surface area contributed by atoms with Gasteiger partial charge in [0.05, 0.1) is 11.7 Å². The molecular formula is C17H13BrN6O. The second-order valence-corrected chi connectivity index (χ2v) is 6.37. The van der Waals surface area contributed by atoms with Gasteiger partial charge in [0.25, 0.3) is 5.95 Å². The molecule has 8 heteroatoms. The number of benzene rings is 2. The zero-order valence-electron chi connectivity index (χ0n) is 13.2. The second kappa shape index (κ2) is 6.14. The van der Waals surface area contributed by atoms with Crippen molar-refractivity contribution in [3.8, 4) is 5.75 Å². The predicted molar refractivity (Wildman–Crippen MR) is 101 cm³/mol. The van der Waals surface area contributed by atoms with Crippen LogP contribution in [0.2, 0.25) is 0 Å². The molecule has 0 aliphatic heterocycles. The molecule has 0 fully saturated rings. The molecule has 2 heterocycles. The Hall–Kier alpha value is -3.00. The number of hydrogen-bond acceptors (Lipinski definition) is 6. The molecular weight excluding hydrogens is 384 g/mol. The SMILES string of the molecule is Cn1c2ccccc2c2nnc(N/N=C\c3cc(Br)ccc3O)nc21. The van der Waals surface area contributed by atoms with E-state index in [0.29, 0.717) is 5.56 Å². The van der Waals surface area contributed by atoms with Crippen molar-refractivity contribution in [3.63, 3.8) is 0 Å². The molecule has 0 atom stereocenters. The molecule has 0 bridgehead atoms. The number of nitrogens with one attached hydrogen (secondary N) is 1. The summed E-state index contributed by atoms with van der Waals surface area (Å²) in [7, 11) is 1.94. The minimum absolute atomic E-state index is 0.136. The van der Waals surface area contributed by atoms with Gasteiger partial charge in [-0.05, 0) is 24.3 Å². The highest BCUT2D eigenvalue weighted by Crippen LogP contribution is 2.25. The molecule has 0 spiro atoms. The quantitative estimate of drug-likeness (QED) is 0.409. The van der Waals surface area contributed by atoms with Crippen LogP contribution < -0.4 is 5.43 Å². The number of para-hydroxylation sites is 1. The molecule has 0 amide bonds. The van der Waals surface area contributed by atoms with E-state index in [-0.39, 0.29) is 11.7 Å². The van der Waals surface area contributed by atoms with Crippen molar-refractivity contribution in [3.05, 3.63) is 52.5 Å². The Bertz CT molecular complexity index is 1120. The molecule has 25 heavy (non-hydrogen) atoms. The first-order valence-corrected chi connectivity index (χ1v) is 8.28. The summed E-state index contributed by atoms with van der Waals surface area (Å²) < 4.78 is 2.82. The molecule has 0 aliphatic carbocycles. The van der Waals surface area contributed by atoms with Gasteiger partial charge in [0.15, 0.2) is 5.65 Å². The number of nitrogens with zero attached hydrogens (tertiary/aromatic N) is 5. The molecule has 0 saturated carbocycles. The maximum absolute atomic E-state index is 9.80. The van der Waals surface area contributed by atoms with Crippen molar-refractivity contribution >= 4 is 50.2 Å². The molecule has 7 nitrogen and oxygen atoms in total. The normalized spacial score (nSPS) is 11.6. The Kier molecular flexibility index (Phi) is 3.81. The fourth-order valence-corrected chi connectivity index (χ4v) is 3.02. The topological polar surface area (TPSA) is 88.2 Å². The molecule has 124 valence electrons. The van der Waals surface area contributed by atoms with Crippen LogP contribution in [0.4, 0.5) is 5.95 Å². The first-order valence-electron chi connectivity index (χ1n) is 7.49. The monoisotopic (exact) mass is 396 g/mol. The van der Waals surface area contributed by atoms with E-state index in [4.69, 9.17) is 0 Å². The number of halogens is 1. The molecule has 0 aliphatic rings. The summed E-state index contributed by atoms with van der Waals surface area (Å²) in [5.41, 5.74) is 5.83. The molecule has 0 saturated heterocycles. The van der Waals surface area contributed by atoms with E-state index in [9.17, 15) is 5.11 Å². The van der Waals surface area contributed by atoms with Gasteiger partial charge in [0, 0.05) is 22.5 Å². The number of anilines is 1. The van der Waals surface area contributed by atoms with Crippen LogP contribution >= 0.6 is 15.9 Å². The maximum atomic E-state index is 9.80. The van der Waals surface area contributed by atoms with Crippen molar-refractivity contribution in [1.29, 1.82) is 0 Å². The molecule has 0 unspecified atom stereocenters. The summed E-state index contributed by atoms with van der Waals surface area (Å²) in [4.78, 5) is 4.48. The summed E-state index contributed by atoms with van der Waals surface area (Å²) in [6.07, 6.45) is 1.50. The van der Waals surface area contributed by atoms with E-state index in [1.54, 1.807) is 18.2 Å². The molecule has 2 aromatic heterocycles. The predicted octanol–water partition coefficient (Wildman–Crippen LogP) is 3.43. The minimum atomic E-state index is 0.136. The van der Waals surface area contributed by atoms with Crippen molar-refractivity contribution in [2.75, 3.05) is 5.43 Å². The first kappa shape index (κ1) is 15.5. The zero-order valence-corrected chi connectivity index (χ0v) is 14.8. The highest BCUT2D eigenvalue weighted by molar-refractivity contribution is 9.10. The smallest absolute Gasteiger partial charge is 0.265 e. The number of aromatic hydroxyl groups is 1. The van der Waals surface area contributed by atoms with Gasteiger partial charge in [-0.2, -0.15) is 10.1 Å². The lowest BCUT2D eigenvalue weighted by Gasteiger charge is -2.01. The fraction of sp³-hybridized carbons (Fsp3) is 0.0588. The van der Waals surface area contributed by atoms with Gasteiger partial charge in [-0.1, -0.05) is 34.1 Å². The summed E-state index contributed by atoms with van der Waals surface area (Å²) in [6.45, 7) is 0. The third-order valence-electron chi connectivity index (χ3n) is 3.86. The van der Waals surface area contributed by atoms with Gasteiger partial charge >= 0.3 is 0 Å². The van der Waals surface area contributed by atoms with E-state index in [0.717, 1.165) is 26.5 Å². The Morgan fingerprint density at radius 3 is 2.92 bits per heavy atom. The Morgan fingerprint density at radius 1 is 1.20 bits per heavy atom. The zero-order chi connectivity index (χ0) is 17.4. The van der Waals surface area contributed by atoms with E-state index >= 15 is 0 Å². The van der Waals surface area contributed by atoms with Crippen LogP contribution in [0.3, 0.4) is 0 Å². The molecule has 0 radical (unpaired) electrons. The third kappa shape index (κ3) is 2.80. The van der Waals surface area contributed by atoms with Crippen LogP contribution in [0.25, 0.3) is 22.1 Å². The fourth-order valence-electron chi connectivity index (χ4n) is 2.64. The second-order valence-electron chi connectivity index (χ2n) is 5.46. The Balaban J connectivity index is 1.66. The van der Waals surface area contributed by atoms with Crippen molar-refractivity contribution in [2.45, 2.75) is 0 Å². The third-order valence-corrected chi connectivity index (χ3v) is 4.36. The molecule has 4 rings (SSSR count). The molecule has 2 N–H and O–H groups in total. The first-order chi connectivity index (χ1) is 12.1. The van der Waals surface area contributed by atoms with Gasteiger partial charge in [0.1, 0.15) is 11.3 Å². The van der Waals surface area contributed by atoms with Crippen LogP contribution in [-0.2, 0) is 7.05 Å². The number of aryl methyl sites for hydroxylation is 1. The summed E-state index contributed by atoms with van der Waals surface area (Å²) in [5, 5.41) is 23.2. The van der Waals surface area contributed by atoms with Gasteiger partial charge in [-0.3, -0.25) is 0 Å². The Morgan fingerprint density at radius 2 is 2.04 bits per heavy atom. The van der Waals surface area contributed by atoms with Crippen molar-refractivity contribution in [2.24, 2.45) is 12.1 Å². The largest absolute Gasteiger partial charge is 0.507 e. The van der Waals surface area contributed by atoms with E-state index < -0.39 is 0 Å². The standard InChI is InChI=1S/C17H13BrN6O/c1-24-13-5-3-2-4-12(13)15-16(24)20-17(23-21-15)22-19-9-10-8-11(18)6-7-14(10)25/h2-9,25H,1H3,(H,20,22,23)/b19-9-. The summed E-state index contributed by atoms with van der Waals surface area (Å²) in [6, 6.07) is 13.0. The van der Waals surface area contributed by atoms with Crippen molar-refractivity contribution in [1.82, 2.24) is 19.7 Å². The van der Waals surface area contributed by atoms with E-state index in [1.165, 1.54) is 6.21 Å². The lowest BCUT2D eigenvalue weighted by Crippen LogP contribution is -2.00. The molecule has 4 aromatic rings. The van der Waals surface area contributed by atoms with Crippen LogP contribution in [0.15, 0.2) is 52.0 Å². The lowest BCUT2D eigenvalue weighted by atomic mass is 10.2.